The highest BCUT2D eigenvalue weighted by Gasteiger charge is 2.40. The van der Waals surface area contributed by atoms with Crippen molar-refractivity contribution in [3.05, 3.63) is 0 Å². The van der Waals surface area contributed by atoms with Crippen LogP contribution in [0, 0.1) is 5.92 Å². The fourth-order valence-corrected chi connectivity index (χ4v) is 3.88. The Labute approximate surface area is 101 Å². The SMILES string of the molecule is CC1CCCC(N(C)C2(CN)CCCC2)C1. The normalized spacial score (nSPS) is 34.5. The molecule has 94 valence electrons. The van der Waals surface area contributed by atoms with E-state index in [1.807, 2.05) is 0 Å². The number of hydrogen-bond acceptors (Lipinski definition) is 2. The predicted octanol–water partition coefficient (Wildman–Crippen LogP) is 2.77. The van der Waals surface area contributed by atoms with Crippen LogP contribution in [0.1, 0.15) is 58.3 Å². The van der Waals surface area contributed by atoms with E-state index in [-0.39, 0.29) is 0 Å². The maximum atomic E-state index is 6.07. The number of likely N-dealkylation sites (N-methyl/N-ethyl adjacent to an activating group) is 1. The molecule has 2 aliphatic carbocycles. The van der Waals surface area contributed by atoms with Gasteiger partial charge in [0, 0.05) is 18.1 Å². The molecule has 2 unspecified atom stereocenters. The molecule has 2 nitrogen and oxygen atoms in total. The van der Waals surface area contributed by atoms with Crippen LogP contribution in [0.2, 0.25) is 0 Å². The number of nitrogens with zero attached hydrogens (tertiary/aromatic N) is 1. The number of rotatable bonds is 3. The monoisotopic (exact) mass is 224 g/mol. The highest BCUT2D eigenvalue weighted by atomic mass is 15.2. The van der Waals surface area contributed by atoms with E-state index in [4.69, 9.17) is 5.73 Å². The van der Waals surface area contributed by atoms with E-state index in [9.17, 15) is 0 Å². The molecule has 0 aliphatic heterocycles. The third kappa shape index (κ3) is 2.28. The van der Waals surface area contributed by atoms with Crippen LogP contribution in [-0.2, 0) is 0 Å². The first kappa shape index (κ1) is 12.4. The molecule has 0 heterocycles. The predicted molar refractivity (Wildman–Crippen MR) is 69.4 cm³/mol. The van der Waals surface area contributed by atoms with Crippen LogP contribution in [0.15, 0.2) is 0 Å². The van der Waals surface area contributed by atoms with Gasteiger partial charge in [0.2, 0.25) is 0 Å². The second-order valence-corrected chi connectivity index (χ2v) is 6.17. The first-order valence-corrected chi connectivity index (χ1v) is 7.11. The minimum absolute atomic E-state index is 0.349. The molecule has 2 heteroatoms. The summed E-state index contributed by atoms with van der Waals surface area (Å²) in [4.78, 5) is 2.66. The molecule has 0 aromatic carbocycles. The second kappa shape index (κ2) is 5.05. The van der Waals surface area contributed by atoms with Crippen molar-refractivity contribution in [3.63, 3.8) is 0 Å². The summed E-state index contributed by atoms with van der Waals surface area (Å²) in [6.07, 6.45) is 11.0. The minimum atomic E-state index is 0.349. The zero-order chi connectivity index (χ0) is 11.6. The lowest BCUT2D eigenvalue weighted by atomic mass is 9.83. The second-order valence-electron chi connectivity index (χ2n) is 6.17. The van der Waals surface area contributed by atoms with Gasteiger partial charge in [-0.2, -0.15) is 0 Å². The molecular weight excluding hydrogens is 196 g/mol. The number of nitrogens with two attached hydrogens (primary N) is 1. The van der Waals surface area contributed by atoms with Crippen LogP contribution in [0.5, 0.6) is 0 Å². The van der Waals surface area contributed by atoms with Crippen LogP contribution in [0.3, 0.4) is 0 Å². The molecule has 2 fully saturated rings. The van der Waals surface area contributed by atoms with Crippen molar-refractivity contribution in [1.82, 2.24) is 4.90 Å². The number of hydrogen-bond donors (Lipinski definition) is 1. The highest BCUT2D eigenvalue weighted by molar-refractivity contribution is 4.97. The van der Waals surface area contributed by atoms with E-state index in [1.165, 1.54) is 51.4 Å². The molecule has 2 rings (SSSR count). The highest BCUT2D eigenvalue weighted by Crippen LogP contribution is 2.38. The minimum Gasteiger partial charge on any atom is -0.329 e. The Kier molecular flexibility index (Phi) is 3.91. The van der Waals surface area contributed by atoms with Gasteiger partial charge in [-0.1, -0.05) is 32.6 Å². The zero-order valence-corrected chi connectivity index (χ0v) is 11.0. The lowest BCUT2D eigenvalue weighted by Gasteiger charge is -2.45. The van der Waals surface area contributed by atoms with Gasteiger partial charge in [0.1, 0.15) is 0 Å². The van der Waals surface area contributed by atoms with E-state index in [2.05, 4.69) is 18.9 Å². The van der Waals surface area contributed by atoms with Crippen LogP contribution < -0.4 is 5.73 Å². The van der Waals surface area contributed by atoms with Gasteiger partial charge in [0.15, 0.2) is 0 Å². The smallest absolute Gasteiger partial charge is 0.0331 e. The average molecular weight is 224 g/mol. The zero-order valence-electron chi connectivity index (χ0n) is 11.0. The Morgan fingerprint density at radius 2 is 1.88 bits per heavy atom. The van der Waals surface area contributed by atoms with Crippen molar-refractivity contribution in [2.45, 2.75) is 69.9 Å². The molecule has 0 saturated heterocycles. The molecule has 0 aromatic heterocycles. The van der Waals surface area contributed by atoms with Crippen molar-refractivity contribution in [1.29, 1.82) is 0 Å². The third-order valence-corrected chi connectivity index (χ3v) is 5.12. The largest absolute Gasteiger partial charge is 0.329 e. The molecule has 0 spiro atoms. The summed E-state index contributed by atoms with van der Waals surface area (Å²) in [6.45, 7) is 3.26. The van der Waals surface area contributed by atoms with E-state index >= 15 is 0 Å². The first-order valence-electron chi connectivity index (χ1n) is 7.11. The Balaban J connectivity index is 2.01. The Bertz CT molecular complexity index is 221. The third-order valence-electron chi connectivity index (χ3n) is 5.12. The molecule has 0 bridgehead atoms. The van der Waals surface area contributed by atoms with Gasteiger partial charge in [-0.05, 0) is 38.6 Å². The molecule has 0 radical (unpaired) electrons. The Morgan fingerprint density at radius 3 is 2.44 bits per heavy atom. The lowest BCUT2D eigenvalue weighted by molar-refractivity contribution is 0.0510. The summed E-state index contributed by atoms with van der Waals surface area (Å²) in [7, 11) is 2.33. The van der Waals surface area contributed by atoms with Crippen molar-refractivity contribution in [2.24, 2.45) is 11.7 Å². The van der Waals surface area contributed by atoms with Crippen LogP contribution in [0.4, 0.5) is 0 Å². The quantitative estimate of drug-likeness (QED) is 0.798. The van der Waals surface area contributed by atoms with Crippen LogP contribution in [0.25, 0.3) is 0 Å². The van der Waals surface area contributed by atoms with Gasteiger partial charge in [0.25, 0.3) is 0 Å². The fraction of sp³-hybridized carbons (Fsp3) is 1.00. The topological polar surface area (TPSA) is 29.3 Å². The molecule has 16 heavy (non-hydrogen) atoms. The van der Waals surface area contributed by atoms with Gasteiger partial charge in [-0.25, -0.2) is 0 Å². The van der Waals surface area contributed by atoms with Gasteiger partial charge in [0.05, 0.1) is 0 Å². The van der Waals surface area contributed by atoms with Crippen molar-refractivity contribution < 1.29 is 0 Å². The van der Waals surface area contributed by atoms with E-state index < -0.39 is 0 Å². The summed E-state index contributed by atoms with van der Waals surface area (Å²) < 4.78 is 0. The first-order chi connectivity index (χ1) is 7.68. The molecule has 0 aromatic rings. The maximum Gasteiger partial charge on any atom is 0.0331 e. The fourth-order valence-electron chi connectivity index (χ4n) is 3.88. The Morgan fingerprint density at radius 1 is 1.19 bits per heavy atom. The molecule has 0 amide bonds. The van der Waals surface area contributed by atoms with Crippen LogP contribution in [-0.4, -0.2) is 30.1 Å². The Hall–Kier alpha value is -0.0800. The lowest BCUT2D eigenvalue weighted by Crippen LogP contribution is -2.55. The molecular formula is C14H28N2. The summed E-state index contributed by atoms with van der Waals surface area (Å²) >= 11 is 0. The van der Waals surface area contributed by atoms with Crippen molar-refractivity contribution in [3.8, 4) is 0 Å². The summed E-state index contributed by atoms with van der Waals surface area (Å²) in [5.74, 6) is 0.914. The van der Waals surface area contributed by atoms with Gasteiger partial charge >= 0.3 is 0 Å². The van der Waals surface area contributed by atoms with Crippen molar-refractivity contribution >= 4 is 0 Å². The van der Waals surface area contributed by atoms with E-state index in [1.54, 1.807) is 0 Å². The van der Waals surface area contributed by atoms with E-state index in [0.717, 1.165) is 18.5 Å². The summed E-state index contributed by atoms with van der Waals surface area (Å²) in [6, 6.07) is 0.797. The standard InChI is InChI=1S/C14H28N2/c1-12-6-5-7-13(10-12)16(2)14(11-15)8-3-4-9-14/h12-13H,3-11,15H2,1-2H3. The molecule has 2 N–H and O–H groups in total. The van der Waals surface area contributed by atoms with E-state index in [0.29, 0.717) is 5.54 Å². The van der Waals surface area contributed by atoms with Gasteiger partial charge in [-0.15, -0.1) is 0 Å². The summed E-state index contributed by atoms with van der Waals surface area (Å²) in [5, 5.41) is 0. The summed E-state index contributed by atoms with van der Waals surface area (Å²) in [5.41, 5.74) is 6.42. The van der Waals surface area contributed by atoms with Crippen LogP contribution >= 0.6 is 0 Å². The molecule has 2 atom stereocenters. The molecule has 2 saturated carbocycles. The van der Waals surface area contributed by atoms with Crippen molar-refractivity contribution in [2.75, 3.05) is 13.6 Å². The average Bonchev–Trinajstić information content (AvgIpc) is 2.78. The van der Waals surface area contributed by atoms with Gasteiger partial charge < -0.3 is 5.73 Å². The maximum absolute atomic E-state index is 6.07. The van der Waals surface area contributed by atoms with Gasteiger partial charge in [-0.3, -0.25) is 4.90 Å². The molecule has 2 aliphatic rings.